The highest BCUT2D eigenvalue weighted by molar-refractivity contribution is 5.81. The average molecular weight is 353 g/mol. The van der Waals surface area contributed by atoms with Crippen LogP contribution >= 0.6 is 0 Å². The summed E-state index contributed by atoms with van der Waals surface area (Å²) in [6, 6.07) is 15.2. The van der Waals surface area contributed by atoms with Crippen LogP contribution < -0.4 is 14.8 Å². The molecule has 1 aliphatic rings. The van der Waals surface area contributed by atoms with Gasteiger partial charge in [-0.15, -0.1) is 0 Å². The first-order valence-electron chi connectivity index (χ1n) is 8.87. The molecule has 0 bridgehead atoms. The quantitative estimate of drug-likeness (QED) is 0.469. The maximum atomic E-state index is 12.3. The first-order chi connectivity index (χ1) is 12.7. The minimum Gasteiger partial charge on any atom is -0.497 e. The third kappa shape index (κ3) is 4.63. The maximum Gasteiger partial charge on any atom is 0.313 e. The lowest BCUT2D eigenvalue weighted by molar-refractivity contribution is -0.136. The van der Waals surface area contributed by atoms with Crippen molar-refractivity contribution >= 4 is 11.9 Å². The maximum absolute atomic E-state index is 12.3. The second-order valence-electron chi connectivity index (χ2n) is 6.39. The zero-order chi connectivity index (χ0) is 18.4. The molecule has 0 saturated carbocycles. The van der Waals surface area contributed by atoms with Gasteiger partial charge in [-0.2, -0.15) is 0 Å². The molecule has 0 fully saturated rings. The Hall–Kier alpha value is -2.82. The number of aryl methyl sites for hydroxylation is 1. The Labute approximate surface area is 153 Å². The number of esters is 1. The van der Waals surface area contributed by atoms with Gasteiger partial charge in [-0.05, 0) is 37.0 Å². The fourth-order valence-corrected chi connectivity index (χ4v) is 3.11. The smallest absolute Gasteiger partial charge is 0.313 e. The summed E-state index contributed by atoms with van der Waals surface area (Å²) in [4.78, 5) is 24.1. The molecule has 1 heterocycles. The molecule has 2 aromatic carbocycles. The van der Waals surface area contributed by atoms with Crippen molar-refractivity contribution in [3.05, 3.63) is 59.7 Å². The van der Waals surface area contributed by atoms with Crippen LogP contribution in [0, 0.1) is 0 Å². The van der Waals surface area contributed by atoms with Gasteiger partial charge in [0.15, 0.2) is 0 Å². The Balaban J connectivity index is 1.52. The number of ether oxygens (including phenoxy) is 2. The Kier molecular flexibility index (Phi) is 5.89. The van der Waals surface area contributed by atoms with Crippen molar-refractivity contribution in [1.82, 2.24) is 5.32 Å². The molecule has 0 saturated heterocycles. The minimum absolute atomic E-state index is 0.0421. The molecule has 0 spiro atoms. The van der Waals surface area contributed by atoms with Crippen LogP contribution in [0.2, 0.25) is 0 Å². The van der Waals surface area contributed by atoms with Crippen LogP contribution in [0.5, 0.6) is 11.5 Å². The molecule has 2 aromatic rings. The first-order valence-corrected chi connectivity index (χ1v) is 8.87. The Morgan fingerprint density at radius 3 is 2.77 bits per heavy atom. The highest BCUT2D eigenvalue weighted by atomic mass is 16.5. The molecule has 1 N–H and O–H groups in total. The van der Waals surface area contributed by atoms with Gasteiger partial charge in [0.25, 0.3) is 0 Å². The minimum atomic E-state index is -0.348. The number of nitrogens with one attached hydrogen (secondary N) is 1. The first kappa shape index (κ1) is 18.0. The van der Waals surface area contributed by atoms with Crippen molar-refractivity contribution < 1.29 is 19.1 Å². The molecule has 136 valence electrons. The Morgan fingerprint density at radius 2 is 2.00 bits per heavy atom. The monoisotopic (exact) mass is 353 g/mol. The molecule has 5 heteroatoms. The lowest BCUT2D eigenvalue weighted by Crippen LogP contribution is -2.34. The number of hydrogen-bond acceptors (Lipinski definition) is 4. The van der Waals surface area contributed by atoms with Gasteiger partial charge >= 0.3 is 5.97 Å². The van der Waals surface area contributed by atoms with Crippen LogP contribution in [0.4, 0.5) is 0 Å². The zero-order valence-corrected chi connectivity index (χ0v) is 14.9. The van der Waals surface area contributed by atoms with Crippen molar-refractivity contribution in [2.24, 2.45) is 0 Å². The van der Waals surface area contributed by atoms with Crippen molar-refractivity contribution in [2.75, 3.05) is 7.11 Å². The van der Waals surface area contributed by atoms with Gasteiger partial charge in [-0.25, -0.2) is 0 Å². The summed E-state index contributed by atoms with van der Waals surface area (Å²) in [7, 11) is 1.56. The number of benzene rings is 2. The number of unbranched alkanes of at least 4 members (excludes halogenated alkanes) is 1. The predicted octanol–water partition coefficient (Wildman–Crippen LogP) is 3.57. The fraction of sp³-hybridized carbons (Fsp3) is 0.333. The van der Waals surface area contributed by atoms with E-state index < -0.39 is 0 Å². The van der Waals surface area contributed by atoms with Crippen molar-refractivity contribution in [2.45, 2.75) is 38.1 Å². The number of carbonyl (C=O) groups is 2. The van der Waals surface area contributed by atoms with Gasteiger partial charge in [0.1, 0.15) is 11.5 Å². The van der Waals surface area contributed by atoms with Crippen molar-refractivity contribution in [3.8, 4) is 11.5 Å². The second kappa shape index (κ2) is 8.52. The number of fused-ring (bicyclic) bond motifs is 1. The van der Waals surface area contributed by atoms with E-state index in [1.165, 1.54) is 5.56 Å². The van der Waals surface area contributed by atoms with E-state index in [1.807, 2.05) is 24.3 Å². The van der Waals surface area contributed by atoms with E-state index in [2.05, 4.69) is 17.4 Å². The van der Waals surface area contributed by atoms with Gasteiger partial charge in [-0.3, -0.25) is 9.59 Å². The summed E-state index contributed by atoms with van der Waals surface area (Å²) in [5.74, 6) is 0.680. The van der Waals surface area contributed by atoms with E-state index in [0.29, 0.717) is 17.9 Å². The zero-order valence-electron chi connectivity index (χ0n) is 14.9. The molecule has 0 aliphatic carbocycles. The molecule has 1 atom stereocenters. The van der Waals surface area contributed by atoms with E-state index >= 15 is 0 Å². The number of methoxy groups -OCH3 is 1. The molecule has 0 aromatic heterocycles. The average Bonchev–Trinajstić information content (AvgIpc) is 2.65. The molecule has 5 nitrogen and oxygen atoms in total. The lowest BCUT2D eigenvalue weighted by Gasteiger charge is -2.25. The molecule has 0 radical (unpaired) electrons. The van der Waals surface area contributed by atoms with Crippen LogP contribution in [0.25, 0.3) is 0 Å². The molecule has 1 unspecified atom stereocenters. The summed E-state index contributed by atoms with van der Waals surface area (Å²) in [5.41, 5.74) is 2.09. The largest absolute Gasteiger partial charge is 0.497 e. The Morgan fingerprint density at radius 1 is 1.19 bits per heavy atom. The third-order valence-electron chi connectivity index (χ3n) is 4.49. The van der Waals surface area contributed by atoms with Crippen molar-refractivity contribution in [1.29, 1.82) is 0 Å². The van der Waals surface area contributed by atoms with E-state index in [1.54, 1.807) is 19.2 Å². The summed E-state index contributed by atoms with van der Waals surface area (Å²) < 4.78 is 10.4. The van der Waals surface area contributed by atoms with Crippen molar-refractivity contribution in [3.63, 3.8) is 0 Å². The molecular formula is C21H23NO4. The summed E-state index contributed by atoms with van der Waals surface area (Å²) in [5, 5.41) is 2.96. The van der Waals surface area contributed by atoms with Gasteiger partial charge in [0, 0.05) is 18.1 Å². The normalized spacial score (nSPS) is 15.7. The third-order valence-corrected chi connectivity index (χ3v) is 4.49. The van der Waals surface area contributed by atoms with Crippen LogP contribution in [0.3, 0.4) is 0 Å². The van der Waals surface area contributed by atoms with Gasteiger partial charge < -0.3 is 14.8 Å². The van der Waals surface area contributed by atoms with E-state index in [0.717, 1.165) is 24.8 Å². The molecule has 3 rings (SSSR count). The summed E-state index contributed by atoms with van der Waals surface area (Å²) >= 11 is 0. The molecular weight excluding hydrogens is 330 g/mol. The van der Waals surface area contributed by atoms with Gasteiger partial charge in [0.05, 0.1) is 19.6 Å². The van der Waals surface area contributed by atoms with Crippen LogP contribution in [-0.4, -0.2) is 19.0 Å². The van der Waals surface area contributed by atoms with Crippen LogP contribution in [-0.2, 0) is 16.0 Å². The van der Waals surface area contributed by atoms with Gasteiger partial charge in [-0.1, -0.05) is 30.3 Å². The van der Waals surface area contributed by atoms with Gasteiger partial charge in [0.2, 0.25) is 5.91 Å². The molecule has 1 aliphatic heterocycles. The van der Waals surface area contributed by atoms with E-state index in [9.17, 15) is 9.59 Å². The molecule has 1 amide bonds. The molecule has 26 heavy (non-hydrogen) atoms. The Bertz CT molecular complexity index is 773. The summed E-state index contributed by atoms with van der Waals surface area (Å²) in [6.45, 7) is 0. The highest BCUT2D eigenvalue weighted by Gasteiger charge is 2.28. The number of carbonyl (C=O) groups excluding carboxylic acids is 2. The standard InChI is InChI=1S/C21H23NO4/c1-25-16-11-12-17-18(14-21(24)26-19(17)13-16)22-20(23)10-6-5-9-15-7-3-2-4-8-15/h2-4,7-8,11-13,18H,5-6,9-10,14H2,1H3,(H,22,23). The highest BCUT2D eigenvalue weighted by Crippen LogP contribution is 2.35. The predicted molar refractivity (Wildman–Crippen MR) is 98.1 cm³/mol. The topological polar surface area (TPSA) is 64.6 Å². The summed E-state index contributed by atoms with van der Waals surface area (Å²) in [6.07, 6.45) is 3.33. The number of rotatable bonds is 7. The van der Waals surface area contributed by atoms with E-state index in [4.69, 9.17) is 9.47 Å². The fourth-order valence-electron chi connectivity index (χ4n) is 3.11. The van der Waals surface area contributed by atoms with E-state index in [-0.39, 0.29) is 24.3 Å². The second-order valence-corrected chi connectivity index (χ2v) is 6.39. The lowest BCUT2D eigenvalue weighted by atomic mass is 9.99. The van der Waals surface area contributed by atoms with Crippen LogP contribution in [0.1, 0.15) is 42.9 Å². The SMILES string of the molecule is COc1ccc2c(c1)OC(=O)CC2NC(=O)CCCCc1ccccc1. The number of amides is 1. The number of hydrogen-bond donors (Lipinski definition) is 1. The van der Waals surface area contributed by atoms with Crippen LogP contribution in [0.15, 0.2) is 48.5 Å².